The third kappa shape index (κ3) is 2.56. The average molecular weight is 637 g/mol. The van der Waals surface area contributed by atoms with E-state index in [0.717, 1.165) is 25.7 Å². The Morgan fingerprint density at radius 3 is 1.50 bits per heavy atom. The predicted molar refractivity (Wildman–Crippen MR) is 191 cm³/mol. The van der Waals surface area contributed by atoms with Gasteiger partial charge in [-0.3, -0.25) is 0 Å². The molecule has 2 heteroatoms. The summed E-state index contributed by atoms with van der Waals surface area (Å²) in [6.07, 6.45) is 8.90. The normalized spacial score (nSPS) is 23.2. The molecule has 7 aromatic rings. The van der Waals surface area contributed by atoms with Crippen LogP contribution in [0.4, 0.5) is 0 Å². The lowest BCUT2D eigenvalue weighted by atomic mass is 9.55. The van der Waals surface area contributed by atoms with Crippen molar-refractivity contribution in [2.75, 3.05) is 0 Å². The van der Waals surface area contributed by atoms with Crippen LogP contribution >= 0.6 is 0 Å². The summed E-state index contributed by atoms with van der Waals surface area (Å²) in [5.74, 6) is 0.667. The van der Waals surface area contributed by atoms with Gasteiger partial charge in [-0.1, -0.05) is 91.0 Å². The molecule has 0 amide bonds. The fourth-order valence-electron chi connectivity index (χ4n) is 12.4. The van der Waals surface area contributed by atoms with Crippen molar-refractivity contribution >= 4 is 0 Å². The van der Waals surface area contributed by atoms with Crippen LogP contribution in [0.5, 0.6) is 0 Å². The summed E-state index contributed by atoms with van der Waals surface area (Å²) >= 11 is 0. The zero-order valence-electron chi connectivity index (χ0n) is 27.6. The van der Waals surface area contributed by atoms with Crippen LogP contribution in [0.25, 0.3) is 0 Å². The fourth-order valence-corrected chi connectivity index (χ4v) is 12.4. The number of nitrogens with zero attached hydrogens (tertiary/aromatic N) is 2. The number of benzene rings is 5. The van der Waals surface area contributed by atoms with E-state index in [1.165, 1.54) is 78.1 Å². The van der Waals surface area contributed by atoms with Crippen LogP contribution in [0.3, 0.4) is 0 Å². The zero-order chi connectivity index (χ0) is 32.0. The van der Waals surface area contributed by atoms with E-state index in [2.05, 4.69) is 137 Å². The molecule has 0 saturated heterocycles. The van der Waals surface area contributed by atoms with Gasteiger partial charge in [0.1, 0.15) is 11.1 Å². The third-order valence-corrected chi connectivity index (χ3v) is 14.0. The first-order valence-corrected chi connectivity index (χ1v) is 18.5. The van der Waals surface area contributed by atoms with Crippen LogP contribution in [0.1, 0.15) is 124 Å². The minimum Gasteiger partial charge on any atom is -0.129 e. The van der Waals surface area contributed by atoms with Crippen molar-refractivity contribution < 1.29 is 9.13 Å². The van der Waals surface area contributed by atoms with E-state index in [-0.39, 0.29) is 17.8 Å². The minimum atomic E-state index is -0.510. The summed E-state index contributed by atoms with van der Waals surface area (Å²) < 4.78 is 5.61. The molecule has 2 nitrogen and oxygen atoms in total. The molecule has 5 aliphatic carbocycles. The topological polar surface area (TPSA) is 7.76 Å². The summed E-state index contributed by atoms with van der Waals surface area (Å²) in [5, 5.41) is 0. The highest BCUT2D eigenvalue weighted by Crippen LogP contribution is 2.62. The maximum absolute atomic E-state index is 2.81. The maximum atomic E-state index is 2.81. The lowest BCUT2D eigenvalue weighted by Gasteiger charge is -2.49. The van der Waals surface area contributed by atoms with Gasteiger partial charge in [-0.15, -0.1) is 9.13 Å². The van der Waals surface area contributed by atoms with E-state index in [4.69, 9.17) is 0 Å². The molecule has 0 fully saturated rings. The van der Waals surface area contributed by atoms with Crippen LogP contribution in [0.15, 0.2) is 128 Å². The minimum absolute atomic E-state index is 0.200. The second-order valence-electron chi connectivity index (χ2n) is 15.8. The number of fused-ring (bicyclic) bond motifs is 6. The molecule has 14 rings (SSSR count). The van der Waals surface area contributed by atoms with Crippen molar-refractivity contribution in [3.05, 3.63) is 234 Å². The highest BCUT2D eigenvalue weighted by atomic mass is 15.3. The Labute approximate surface area is 291 Å². The Kier molecular flexibility index (Phi) is 4.18. The van der Waals surface area contributed by atoms with Gasteiger partial charge in [-0.25, -0.2) is 0 Å². The van der Waals surface area contributed by atoms with E-state index in [1.54, 1.807) is 27.8 Å². The first kappa shape index (κ1) is 25.4. The molecule has 0 N–H and O–H groups in total. The number of aromatic nitrogens is 2. The third-order valence-electron chi connectivity index (χ3n) is 14.0. The lowest BCUT2D eigenvalue weighted by molar-refractivity contribution is -0.980. The molecular weight excluding hydrogens is 605 g/mol. The molecule has 4 unspecified atom stereocenters. The molecule has 0 saturated carbocycles. The van der Waals surface area contributed by atoms with Gasteiger partial charge < -0.3 is 0 Å². The van der Waals surface area contributed by atoms with Crippen LogP contribution in [0.2, 0.25) is 0 Å². The Bertz CT molecular complexity index is 2760. The molecule has 1 spiro atoms. The van der Waals surface area contributed by atoms with Gasteiger partial charge in [0.15, 0.2) is 12.4 Å². The molecule has 2 aliphatic heterocycles. The van der Waals surface area contributed by atoms with Crippen molar-refractivity contribution in [1.29, 1.82) is 0 Å². The van der Waals surface area contributed by atoms with E-state index in [9.17, 15) is 0 Å². The summed E-state index contributed by atoms with van der Waals surface area (Å²) in [4.78, 5) is 0. The van der Waals surface area contributed by atoms with Gasteiger partial charge in [0.05, 0.1) is 11.8 Å². The molecule has 7 aliphatic rings. The summed E-state index contributed by atoms with van der Waals surface area (Å²) in [6.45, 7) is 0. The standard InChI is InChI=1S/C48H32N2/c1-3-14-34-26(8-1)22-30-17-19-37-42-35-15-4-2-9-27(35)23-32-12-6-20-49(46(32)42)48-44-36(41(34)39(30)45(37)48)18-16-31-24-28-10-5-11-29-25-33-13-7-21-50(48)47(33)43(38(28)29)40(31)44/h1-21,41-43H,22-25H2/q+2. The van der Waals surface area contributed by atoms with Crippen LogP contribution < -0.4 is 9.13 Å². The van der Waals surface area contributed by atoms with Gasteiger partial charge >= 0.3 is 5.66 Å². The molecule has 0 radical (unpaired) electrons. The monoisotopic (exact) mass is 636 g/mol. The number of hydrogen-bond donors (Lipinski definition) is 0. The summed E-state index contributed by atoms with van der Waals surface area (Å²) in [5.41, 5.74) is 28.3. The smallest absolute Gasteiger partial charge is 0.129 e. The van der Waals surface area contributed by atoms with Gasteiger partial charge in [0.25, 0.3) is 0 Å². The second-order valence-corrected chi connectivity index (χ2v) is 15.8. The Hall–Kier alpha value is -5.60. The largest absolute Gasteiger partial charge is 0.416 e. The summed E-state index contributed by atoms with van der Waals surface area (Å²) in [7, 11) is 0. The first-order valence-electron chi connectivity index (χ1n) is 18.5. The van der Waals surface area contributed by atoms with E-state index in [1.807, 2.05) is 0 Å². The predicted octanol–water partition coefficient (Wildman–Crippen LogP) is 7.66. The SMILES string of the molecule is c1ccc2c(c1)Cc1ccc3c4c1C2c1ccc2c5c1C4([n+]1cccc4c1C3c1ccccc1C4)[n+]1cccc3c1C5c1c(cccc1C3)C2. The van der Waals surface area contributed by atoms with Crippen molar-refractivity contribution in [3.8, 4) is 0 Å². The molecular formula is C48H32N2+2. The Balaban J connectivity index is 1.24. The quantitative estimate of drug-likeness (QED) is 0.151. The molecule has 4 atom stereocenters. The fraction of sp³-hybridized carbons (Fsp3) is 0.167. The van der Waals surface area contributed by atoms with Gasteiger partial charge in [0.2, 0.25) is 11.4 Å². The van der Waals surface area contributed by atoms with Crippen molar-refractivity contribution in [3.63, 3.8) is 0 Å². The van der Waals surface area contributed by atoms with Crippen LogP contribution in [0, 0.1) is 0 Å². The van der Waals surface area contributed by atoms with Crippen molar-refractivity contribution in [1.82, 2.24) is 0 Å². The molecule has 0 bridgehead atoms. The average Bonchev–Trinajstić information content (AvgIpc) is 3.16. The summed E-state index contributed by atoms with van der Waals surface area (Å²) in [6, 6.07) is 45.5. The highest BCUT2D eigenvalue weighted by molar-refractivity contribution is 5.74. The number of hydrogen-bond acceptors (Lipinski definition) is 0. The van der Waals surface area contributed by atoms with Crippen LogP contribution in [-0.4, -0.2) is 0 Å². The van der Waals surface area contributed by atoms with Crippen molar-refractivity contribution in [2.24, 2.45) is 0 Å². The number of pyridine rings is 2. The Morgan fingerprint density at radius 2 is 0.820 bits per heavy atom. The molecule has 5 aromatic carbocycles. The molecule has 232 valence electrons. The number of rotatable bonds is 0. The van der Waals surface area contributed by atoms with Crippen molar-refractivity contribution in [2.45, 2.75) is 49.1 Å². The van der Waals surface area contributed by atoms with Gasteiger partial charge in [-0.05, 0) is 97.3 Å². The van der Waals surface area contributed by atoms with E-state index in [0.29, 0.717) is 0 Å². The van der Waals surface area contributed by atoms with Gasteiger partial charge in [0, 0.05) is 42.0 Å². The van der Waals surface area contributed by atoms with E-state index >= 15 is 0 Å². The second kappa shape index (κ2) is 8.22. The van der Waals surface area contributed by atoms with Gasteiger partial charge in [-0.2, -0.15) is 0 Å². The zero-order valence-corrected chi connectivity index (χ0v) is 27.6. The first-order chi connectivity index (χ1) is 24.8. The molecule has 4 heterocycles. The Morgan fingerprint density at radius 1 is 0.360 bits per heavy atom. The highest BCUT2D eigenvalue weighted by Gasteiger charge is 2.71. The van der Waals surface area contributed by atoms with E-state index < -0.39 is 5.66 Å². The lowest BCUT2D eigenvalue weighted by Crippen LogP contribution is -2.81. The molecule has 2 aromatic heterocycles. The maximum Gasteiger partial charge on any atom is 0.416 e. The van der Waals surface area contributed by atoms with Crippen LogP contribution in [-0.2, 0) is 31.3 Å². The molecule has 50 heavy (non-hydrogen) atoms.